The van der Waals surface area contributed by atoms with Crippen molar-refractivity contribution in [3.05, 3.63) is 88.5 Å². The fourth-order valence-corrected chi connectivity index (χ4v) is 2.60. The highest BCUT2D eigenvalue weighted by atomic mass is 16.2. The Morgan fingerprint density at radius 2 is 1.75 bits per heavy atom. The van der Waals surface area contributed by atoms with Gasteiger partial charge in [-0.2, -0.15) is 10.2 Å². The monoisotopic (exact) mass is 370 g/mol. The van der Waals surface area contributed by atoms with E-state index in [1.807, 2.05) is 60.7 Å². The van der Waals surface area contributed by atoms with E-state index in [1.54, 1.807) is 0 Å². The number of benzene rings is 2. The number of carbonyl (C=O) groups is 1. The average Bonchev–Trinajstić information content (AvgIpc) is 2.75. The topological polar surface area (TPSA) is 113 Å². The molecule has 0 atom stereocenters. The van der Waals surface area contributed by atoms with E-state index >= 15 is 0 Å². The number of carbonyl (C=O) groups excluding carboxylic acids is 1. The van der Waals surface area contributed by atoms with Crippen LogP contribution < -0.4 is 11.0 Å². The number of aromatic nitrogens is 4. The summed E-state index contributed by atoms with van der Waals surface area (Å²) in [7, 11) is 0. The fourth-order valence-electron chi connectivity index (χ4n) is 2.60. The first kappa shape index (κ1) is 17.2. The second-order valence-corrected chi connectivity index (χ2v) is 5.83. The lowest BCUT2D eigenvalue weighted by Gasteiger charge is -2.05. The van der Waals surface area contributed by atoms with Gasteiger partial charge in [0.1, 0.15) is 5.52 Å². The molecule has 8 nitrogen and oxygen atoms in total. The van der Waals surface area contributed by atoms with Gasteiger partial charge in [0.15, 0.2) is 11.5 Å². The van der Waals surface area contributed by atoms with Gasteiger partial charge in [0.05, 0.1) is 11.6 Å². The van der Waals surface area contributed by atoms with Crippen molar-refractivity contribution in [2.45, 2.75) is 0 Å². The van der Waals surface area contributed by atoms with Crippen molar-refractivity contribution in [3.63, 3.8) is 0 Å². The number of H-pyrrole nitrogens is 1. The molecule has 4 rings (SSSR count). The largest absolute Gasteiger partial charge is 0.292 e. The highest BCUT2D eigenvalue weighted by molar-refractivity contribution is 6.04. The van der Waals surface area contributed by atoms with Crippen LogP contribution in [-0.4, -0.2) is 32.3 Å². The molecule has 2 aromatic carbocycles. The minimum atomic E-state index is -0.579. The fraction of sp³-hybridized carbons (Fsp3) is 0. The van der Waals surface area contributed by atoms with Crippen LogP contribution in [0.3, 0.4) is 0 Å². The summed E-state index contributed by atoms with van der Waals surface area (Å²) in [5, 5.41) is 10.3. The van der Waals surface area contributed by atoms with E-state index < -0.39 is 11.5 Å². The van der Waals surface area contributed by atoms with Gasteiger partial charge in [-0.1, -0.05) is 60.7 Å². The molecule has 2 heterocycles. The van der Waals surface area contributed by atoms with E-state index in [0.29, 0.717) is 5.82 Å². The van der Waals surface area contributed by atoms with Crippen molar-refractivity contribution in [3.8, 4) is 11.4 Å². The number of amides is 1. The number of hydrazone groups is 1. The van der Waals surface area contributed by atoms with Crippen LogP contribution in [0.25, 0.3) is 22.3 Å². The van der Waals surface area contributed by atoms with Gasteiger partial charge < -0.3 is 0 Å². The smallest absolute Gasteiger partial charge is 0.266 e. The zero-order valence-corrected chi connectivity index (χ0v) is 14.5. The summed E-state index contributed by atoms with van der Waals surface area (Å²) >= 11 is 0. The first-order valence-electron chi connectivity index (χ1n) is 8.42. The predicted octanol–water partition coefficient (Wildman–Crippen LogP) is 2.14. The maximum absolute atomic E-state index is 12.5. The first-order valence-corrected chi connectivity index (χ1v) is 8.42. The van der Waals surface area contributed by atoms with Gasteiger partial charge in [0, 0.05) is 11.8 Å². The second kappa shape index (κ2) is 7.58. The van der Waals surface area contributed by atoms with Crippen LogP contribution in [0.15, 0.2) is 76.8 Å². The third-order valence-corrected chi connectivity index (χ3v) is 3.95. The Morgan fingerprint density at radius 3 is 2.50 bits per heavy atom. The lowest BCUT2D eigenvalue weighted by atomic mass is 10.2. The molecule has 0 saturated carbocycles. The zero-order chi connectivity index (χ0) is 19.3. The molecule has 0 spiro atoms. The molecule has 2 aromatic heterocycles. The third-order valence-electron chi connectivity index (χ3n) is 3.95. The van der Waals surface area contributed by atoms with E-state index in [4.69, 9.17) is 0 Å². The molecule has 0 aliphatic carbocycles. The van der Waals surface area contributed by atoms with Gasteiger partial charge in [0.2, 0.25) is 0 Å². The number of nitrogens with one attached hydrogen (secondary N) is 2. The molecule has 0 bridgehead atoms. The Hall–Kier alpha value is -4.20. The summed E-state index contributed by atoms with van der Waals surface area (Å²) in [6.45, 7) is 0. The Kier molecular flexibility index (Phi) is 4.67. The van der Waals surface area contributed by atoms with Crippen molar-refractivity contribution in [2.24, 2.45) is 5.10 Å². The minimum Gasteiger partial charge on any atom is -0.266 e. The van der Waals surface area contributed by atoms with Gasteiger partial charge in [-0.3, -0.25) is 9.59 Å². The summed E-state index contributed by atoms with van der Waals surface area (Å²) in [6, 6.07) is 18.6. The standard InChI is InChI=1S/C20H14N6O2/c27-19-16-15(12-21-18(23-16)14-9-5-2-6-10-14)17(24-26-19)20(28)25-22-11-13-7-3-1-4-8-13/h1-12H,(H,25,28)(H,26,27)/b22-11+. The highest BCUT2D eigenvalue weighted by Gasteiger charge is 2.16. The van der Waals surface area contributed by atoms with Gasteiger partial charge >= 0.3 is 0 Å². The Labute approximate surface area is 159 Å². The van der Waals surface area contributed by atoms with Crippen molar-refractivity contribution in [2.75, 3.05) is 0 Å². The molecular formula is C20H14N6O2. The van der Waals surface area contributed by atoms with Crippen molar-refractivity contribution in [1.29, 1.82) is 0 Å². The van der Waals surface area contributed by atoms with E-state index in [-0.39, 0.29) is 16.6 Å². The molecule has 0 aliphatic rings. The maximum Gasteiger partial charge on any atom is 0.292 e. The number of hydrogen-bond acceptors (Lipinski definition) is 6. The van der Waals surface area contributed by atoms with Gasteiger partial charge in [-0.15, -0.1) is 0 Å². The number of nitrogens with zero attached hydrogens (tertiary/aromatic N) is 4. The molecule has 4 aromatic rings. The first-order chi connectivity index (χ1) is 13.7. The molecule has 0 saturated heterocycles. The Bertz CT molecular complexity index is 1220. The molecule has 136 valence electrons. The van der Waals surface area contributed by atoms with Crippen LogP contribution in [0.4, 0.5) is 0 Å². The second-order valence-electron chi connectivity index (χ2n) is 5.83. The summed E-state index contributed by atoms with van der Waals surface area (Å²) in [5.41, 5.74) is 3.56. The summed E-state index contributed by atoms with van der Waals surface area (Å²) < 4.78 is 0. The number of aromatic amines is 1. The Balaban J connectivity index is 1.66. The highest BCUT2D eigenvalue weighted by Crippen LogP contribution is 2.17. The van der Waals surface area contributed by atoms with Gasteiger partial charge in [-0.25, -0.2) is 20.5 Å². The average molecular weight is 370 g/mol. The van der Waals surface area contributed by atoms with Crippen LogP contribution in [-0.2, 0) is 0 Å². The number of hydrogen-bond donors (Lipinski definition) is 2. The van der Waals surface area contributed by atoms with Crippen LogP contribution in [0.2, 0.25) is 0 Å². The zero-order valence-electron chi connectivity index (χ0n) is 14.5. The molecular weight excluding hydrogens is 356 g/mol. The van der Waals surface area contributed by atoms with Crippen LogP contribution >= 0.6 is 0 Å². The quantitative estimate of drug-likeness (QED) is 0.422. The van der Waals surface area contributed by atoms with E-state index in [1.165, 1.54) is 12.4 Å². The van der Waals surface area contributed by atoms with Crippen molar-refractivity contribution < 1.29 is 4.79 Å². The summed E-state index contributed by atoms with van der Waals surface area (Å²) in [6.07, 6.45) is 2.93. The molecule has 28 heavy (non-hydrogen) atoms. The molecule has 2 N–H and O–H groups in total. The number of fused-ring (bicyclic) bond motifs is 1. The summed E-state index contributed by atoms with van der Waals surface area (Å²) in [5.74, 6) is -0.192. The van der Waals surface area contributed by atoms with Crippen molar-refractivity contribution >= 4 is 23.0 Å². The molecule has 1 amide bonds. The van der Waals surface area contributed by atoms with E-state index in [0.717, 1.165) is 11.1 Å². The lowest BCUT2D eigenvalue weighted by Crippen LogP contribution is -2.23. The van der Waals surface area contributed by atoms with Crippen LogP contribution in [0, 0.1) is 0 Å². The SMILES string of the molecule is O=C(N/N=C/c1ccccc1)c1n[nH]c(=O)c2nc(-c3ccccc3)ncc12. The van der Waals surface area contributed by atoms with E-state index in [9.17, 15) is 9.59 Å². The lowest BCUT2D eigenvalue weighted by molar-refractivity contribution is 0.0951. The molecule has 8 heteroatoms. The molecule has 0 unspecified atom stereocenters. The van der Waals surface area contributed by atoms with E-state index in [2.05, 4.69) is 30.7 Å². The molecule has 0 aliphatic heterocycles. The van der Waals surface area contributed by atoms with Crippen molar-refractivity contribution in [1.82, 2.24) is 25.6 Å². The minimum absolute atomic E-state index is 0.0144. The summed E-state index contributed by atoms with van der Waals surface area (Å²) in [4.78, 5) is 33.2. The van der Waals surface area contributed by atoms with Gasteiger partial charge in [-0.05, 0) is 5.56 Å². The Morgan fingerprint density at radius 1 is 1.04 bits per heavy atom. The van der Waals surface area contributed by atoms with Crippen LogP contribution in [0.5, 0.6) is 0 Å². The number of rotatable bonds is 4. The van der Waals surface area contributed by atoms with Crippen LogP contribution in [0.1, 0.15) is 16.1 Å². The van der Waals surface area contributed by atoms with Gasteiger partial charge in [0.25, 0.3) is 11.5 Å². The normalized spacial score (nSPS) is 11.0. The molecule has 0 radical (unpaired) electrons. The maximum atomic E-state index is 12.5. The predicted molar refractivity (Wildman–Crippen MR) is 105 cm³/mol. The molecule has 0 fully saturated rings. The third kappa shape index (κ3) is 3.51.